The van der Waals surface area contributed by atoms with Crippen LogP contribution in [-0.4, -0.2) is 52.6 Å². The zero-order chi connectivity index (χ0) is 20.4. The number of hydrogen-bond donors (Lipinski definition) is 1. The van der Waals surface area contributed by atoms with E-state index in [2.05, 4.69) is 0 Å². The Kier molecular flexibility index (Phi) is 5.62. The number of phenolic OH excluding ortho intramolecular Hbond substituents is 1. The predicted octanol–water partition coefficient (Wildman–Crippen LogP) is 3.77. The smallest absolute Gasteiger partial charge is 0.410 e. The Balaban J connectivity index is 1.31. The van der Waals surface area contributed by atoms with E-state index in [1.165, 1.54) is 6.07 Å². The lowest BCUT2D eigenvalue weighted by Gasteiger charge is -2.35. The van der Waals surface area contributed by atoms with Crippen molar-refractivity contribution in [2.24, 2.45) is 0 Å². The van der Waals surface area contributed by atoms with Gasteiger partial charge in [0.05, 0.1) is 18.0 Å². The fraction of sp³-hybridized carbons (Fsp3) is 0.364. The molecule has 29 heavy (non-hydrogen) atoms. The number of likely N-dealkylation sites (tertiary alicyclic amines) is 1. The number of rotatable bonds is 4. The first-order chi connectivity index (χ1) is 14.0. The molecule has 0 aromatic heterocycles. The van der Waals surface area contributed by atoms with Crippen LogP contribution >= 0.6 is 11.6 Å². The summed E-state index contributed by atoms with van der Waals surface area (Å²) in [6.45, 7) is 1.76. The molecule has 4 rings (SSSR count). The van der Waals surface area contributed by atoms with Crippen LogP contribution in [0, 0.1) is 0 Å². The number of benzene rings is 2. The maximum atomic E-state index is 12.6. The molecule has 2 aromatic carbocycles. The summed E-state index contributed by atoms with van der Waals surface area (Å²) in [7, 11) is 0. The molecular weight excluding hydrogens is 392 g/mol. The van der Waals surface area contributed by atoms with E-state index in [-0.39, 0.29) is 41.3 Å². The lowest BCUT2D eigenvalue weighted by molar-refractivity contribution is -0.131. The third-order valence-electron chi connectivity index (χ3n) is 5.64. The van der Waals surface area contributed by atoms with E-state index in [0.29, 0.717) is 19.6 Å². The monoisotopic (exact) mass is 414 g/mol. The van der Waals surface area contributed by atoms with E-state index in [1.807, 2.05) is 35.2 Å². The molecule has 2 amide bonds. The van der Waals surface area contributed by atoms with E-state index in [4.69, 9.17) is 16.3 Å². The molecule has 1 N–H and O–H groups in total. The summed E-state index contributed by atoms with van der Waals surface area (Å²) in [6, 6.07) is 14.7. The third kappa shape index (κ3) is 4.32. The molecule has 2 aliphatic heterocycles. The second-order valence-corrected chi connectivity index (χ2v) is 7.92. The van der Waals surface area contributed by atoms with Crippen LogP contribution < -0.4 is 0 Å². The number of piperidine rings is 1. The van der Waals surface area contributed by atoms with Crippen molar-refractivity contribution in [3.05, 3.63) is 64.7 Å². The van der Waals surface area contributed by atoms with Gasteiger partial charge in [0, 0.05) is 19.1 Å². The zero-order valence-corrected chi connectivity index (χ0v) is 16.7. The molecule has 152 valence electrons. The molecular formula is C22H23ClN2O4. The van der Waals surface area contributed by atoms with Crippen molar-refractivity contribution in [1.29, 1.82) is 0 Å². The Morgan fingerprint density at radius 3 is 2.55 bits per heavy atom. The second kappa shape index (κ2) is 8.33. The minimum atomic E-state index is -0.276. The Morgan fingerprint density at radius 1 is 1.14 bits per heavy atom. The molecule has 2 aromatic rings. The Bertz CT molecular complexity index is 897. The van der Waals surface area contributed by atoms with Gasteiger partial charge in [-0.15, -0.1) is 0 Å². The van der Waals surface area contributed by atoms with Crippen LogP contribution in [0.3, 0.4) is 0 Å². The topological polar surface area (TPSA) is 70.1 Å². The van der Waals surface area contributed by atoms with Gasteiger partial charge in [0.2, 0.25) is 5.91 Å². The van der Waals surface area contributed by atoms with Crippen LogP contribution in [0.5, 0.6) is 5.75 Å². The van der Waals surface area contributed by atoms with Crippen LogP contribution in [0.2, 0.25) is 5.02 Å². The van der Waals surface area contributed by atoms with E-state index in [9.17, 15) is 14.7 Å². The normalized spacial score (nSPS) is 20.0. The molecule has 7 heteroatoms. The minimum Gasteiger partial charge on any atom is -0.506 e. The first kappa shape index (κ1) is 19.6. The summed E-state index contributed by atoms with van der Waals surface area (Å²) >= 11 is 5.92. The number of amides is 2. The number of ether oxygens (including phenoxy) is 1. The average molecular weight is 415 g/mol. The standard InChI is InChI=1S/C22H23ClN2O4/c23-18-12-15(6-7-19(18)26)13-21(27)24-10-8-17(9-11-24)25-14-20(29-22(25)28)16-4-2-1-3-5-16/h1-7,12,17,20,26H,8-11,13-14H2. The number of carbonyl (C=O) groups excluding carboxylic acids is 2. The maximum absolute atomic E-state index is 12.6. The molecule has 0 saturated carbocycles. The van der Waals surface area contributed by atoms with Gasteiger partial charge in [-0.05, 0) is 36.1 Å². The molecule has 0 aliphatic carbocycles. The molecule has 2 saturated heterocycles. The van der Waals surface area contributed by atoms with Crippen LogP contribution in [0.25, 0.3) is 0 Å². The number of hydrogen-bond acceptors (Lipinski definition) is 4. The highest BCUT2D eigenvalue weighted by molar-refractivity contribution is 6.32. The summed E-state index contributed by atoms with van der Waals surface area (Å²) in [5, 5.41) is 9.75. The Hall–Kier alpha value is -2.73. The molecule has 6 nitrogen and oxygen atoms in total. The van der Waals surface area contributed by atoms with Gasteiger partial charge >= 0.3 is 6.09 Å². The summed E-state index contributed by atoms with van der Waals surface area (Å²) < 4.78 is 5.56. The van der Waals surface area contributed by atoms with E-state index in [1.54, 1.807) is 17.0 Å². The Morgan fingerprint density at radius 2 is 1.86 bits per heavy atom. The van der Waals surface area contributed by atoms with Gasteiger partial charge in [-0.1, -0.05) is 48.0 Å². The van der Waals surface area contributed by atoms with Crippen molar-refractivity contribution >= 4 is 23.6 Å². The summed E-state index contributed by atoms with van der Waals surface area (Å²) in [5.74, 6) is 0.0337. The van der Waals surface area contributed by atoms with Crippen LogP contribution in [0.15, 0.2) is 48.5 Å². The lowest BCUT2D eigenvalue weighted by atomic mass is 10.0. The van der Waals surface area contributed by atoms with E-state index >= 15 is 0 Å². The van der Waals surface area contributed by atoms with Crippen LogP contribution in [-0.2, 0) is 16.0 Å². The highest BCUT2D eigenvalue weighted by Gasteiger charge is 2.38. The predicted molar refractivity (Wildman–Crippen MR) is 109 cm³/mol. The van der Waals surface area contributed by atoms with Gasteiger partial charge in [-0.2, -0.15) is 0 Å². The largest absolute Gasteiger partial charge is 0.506 e. The minimum absolute atomic E-state index is 0.00925. The second-order valence-electron chi connectivity index (χ2n) is 7.51. The number of cyclic esters (lactones) is 1. The highest BCUT2D eigenvalue weighted by atomic mass is 35.5. The van der Waals surface area contributed by atoms with Gasteiger partial charge in [-0.3, -0.25) is 4.79 Å². The summed E-state index contributed by atoms with van der Waals surface area (Å²) in [4.78, 5) is 28.6. The SMILES string of the molecule is O=C(Cc1ccc(O)c(Cl)c1)N1CCC(N2CC(c3ccccc3)OC2=O)CC1. The van der Waals surface area contributed by atoms with Gasteiger partial charge in [-0.25, -0.2) is 4.79 Å². The number of aromatic hydroxyl groups is 1. The summed E-state index contributed by atoms with van der Waals surface area (Å²) in [6.07, 6.45) is 1.20. The fourth-order valence-corrected chi connectivity index (χ4v) is 4.20. The Labute approximate surface area is 174 Å². The number of nitrogens with zero attached hydrogens (tertiary/aromatic N) is 2. The molecule has 1 atom stereocenters. The average Bonchev–Trinajstić information content (AvgIpc) is 3.13. The first-order valence-electron chi connectivity index (χ1n) is 9.78. The van der Waals surface area contributed by atoms with Crippen molar-refractivity contribution in [2.45, 2.75) is 31.4 Å². The van der Waals surface area contributed by atoms with Crippen LogP contribution in [0.1, 0.15) is 30.1 Å². The van der Waals surface area contributed by atoms with Crippen molar-refractivity contribution in [1.82, 2.24) is 9.80 Å². The van der Waals surface area contributed by atoms with E-state index < -0.39 is 0 Å². The van der Waals surface area contributed by atoms with Crippen LogP contribution in [0.4, 0.5) is 4.79 Å². The van der Waals surface area contributed by atoms with Crippen molar-refractivity contribution in [2.75, 3.05) is 19.6 Å². The zero-order valence-electron chi connectivity index (χ0n) is 16.0. The lowest BCUT2D eigenvalue weighted by Crippen LogP contribution is -2.47. The number of carbonyl (C=O) groups is 2. The highest BCUT2D eigenvalue weighted by Crippen LogP contribution is 2.30. The number of halogens is 1. The van der Waals surface area contributed by atoms with Crippen molar-refractivity contribution in [3.8, 4) is 5.75 Å². The molecule has 0 spiro atoms. The van der Waals surface area contributed by atoms with Gasteiger partial charge < -0.3 is 19.6 Å². The molecule has 0 bridgehead atoms. The van der Waals surface area contributed by atoms with E-state index in [0.717, 1.165) is 24.0 Å². The first-order valence-corrected chi connectivity index (χ1v) is 10.2. The van der Waals surface area contributed by atoms with Crippen molar-refractivity contribution in [3.63, 3.8) is 0 Å². The molecule has 0 radical (unpaired) electrons. The van der Waals surface area contributed by atoms with Gasteiger partial charge in [0.1, 0.15) is 11.9 Å². The quantitative estimate of drug-likeness (QED) is 0.826. The molecule has 2 aliphatic rings. The number of phenols is 1. The third-order valence-corrected chi connectivity index (χ3v) is 5.94. The van der Waals surface area contributed by atoms with Gasteiger partial charge in [0.25, 0.3) is 0 Å². The maximum Gasteiger partial charge on any atom is 0.410 e. The van der Waals surface area contributed by atoms with Crippen molar-refractivity contribution < 1.29 is 19.4 Å². The molecule has 1 unspecified atom stereocenters. The summed E-state index contributed by atoms with van der Waals surface area (Å²) in [5.41, 5.74) is 1.78. The molecule has 2 fully saturated rings. The fourth-order valence-electron chi connectivity index (χ4n) is 3.99. The van der Waals surface area contributed by atoms with Gasteiger partial charge in [0.15, 0.2) is 0 Å². The molecule has 2 heterocycles.